The SMILES string of the molecule is C=CC(=O)Nc1c(F)cc(OC)cc1N(C)CCN(C)C. The third-order valence-corrected chi connectivity index (χ3v) is 3.01. The second kappa shape index (κ2) is 7.64. The molecule has 0 aliphatic rings. The molecule has 1 amide bonds. The van der Waals surface area contributed by atoms with E-state index in [1.165, 1.54) is 13.2 Å². The van der Waals surface area contributed by atoms with Gasteiger partial charge in [-0.15, -0.1) is 0 Å². The van der Waals surface area contributed by atoms with Gasteiger partial charge in [0.25, 0.3) is 0 Å². The third kappa shape index (κ3) is 4.75. The number of nitrogens with zero attached hydrogens (tertiary/aromatic N) is 2. The number of carbonyl (C=O) groups excluding carboxylic acids is 1. The van der Waals surface area contributed by atoms with Gasteiger partial charge in [-0.25, -0.2) is 4.39 Å². The number of hydrogen-bond acceptors (Lipinski definition) is 4. The van der Waals surface area contributed by atoms with Gasteiger partial charge in [-0.3, -0.25) is 4.79 Å². The van der Waals surface area contributed by atoms with Crippen LogP contribution >= 0.6 is 0 Å². The first-order valence-electron chi connectivity index (χ1n) is 6.55. The average molecular weight is 295 g/mol. The number of carbonyl (C=O) groups is 1. The number of methoxy groups -OCH3 is 1. The number of benzene rings is 1. The molecule has 0 saturated carbocycles. The molecular weight excluding hydrogens is 273 g/mol. The maximum Gasteiger partial charge on any atom is 0.247 e. The Bertz CT molecular complexity index is 518. The van der Waals surface area contributed by atoms with Crippen molar-refractivity contribution in [3.63, 3.8) is 0 Å². The van der Waals surface area contributed by atoms with Crippen molar-refractivity contribution in [1.29, 1.82) is 0 Å². The van der Waals surface area contributed by atoms with E-state index in [0.717, 1.165) is 12.6 Å². The predicted octanol–water partition coefficient (Wildman–Crippen LogP) is 1.96. The van der Waals surface area contributed by atoms with Gasteiger partial charge in [0, 0.05) is 32.3 Å². The van der Waals surface area contributed by atoms with Gasteiger partial charge in [0.05, 0.1) is 12.8 Å². The summed E-state index contributed by atoms with van der Waals surface area (Å²) in [5.74, 6) is -0.603. The van der Waals surface area contributed by atoms with Crippen molar-refractivity contribution in [2.45, 2.75) is 0 Å². The molecule has 6 heteroatoms. The zero-order valence-electron chi connectivity index (χ0n) is 12.9. The minimum absolute atomic E-state index is 0.127. The first-order chi connectivity index (χ1) is 9.88. The molecule has 0 radical (unpaired) electrons. The molecular formula is C15H22FN3O2. The highest BCUT2D eigenvalue weighted by Gasteiger charge is 2.16. The first-order valence-corrected chi connectivity index (χ1v) is 6.55. The number of rotatable bonds is 7. The summed E-state index contributed by atoms with van der Waals surface area (Å²) in [7, 11) is 7.22. The zero-order chi connectivity index (χ0) is 16.0. The van der Waals surface area contributed by atoms with Crippen LogP contribution in [0.4, 0.5) is 15.8 Å². The van der Waals surface area contributed by atoms with Crippen LogP contribution in [0.2, 0.25) is 0 Å². The van der Waals surface area contributed by atoms with E-state index in [9.17, 15) is 9.18 Å². The molecule has 0 aliphatic heterocycles. The molecule has 0 spiro atoms. The molecule has 0 atom stereocenters. The molecule has 0 saturated heterocycles. The van der Waals surface area contributed by atoms with Gasteiger partial charge in [0.15, 0.2) is 5.82 Å². The lowest BCUT2D eigenvalue weighted by Gasteiger charge is -2.25. The van der Waals surface area contributed by atoms with Gasteiger partial charge in [0.1, 0.15) is 11.4 Å². The van der Waals surface area contributed by atoms with Crippen LogP contribution in [0.5, 0.6) is 5.75 Å². The van der Waals surface area contributed by atoms with Crippen LogP contribution in [0, 0.1) is 5.82 Å². The van der Waals surface area contributed by atoms with E-state index in [0.29, 0.717) is 18.0 Å². The highest BCUT2D eigenvalue weighted by atomic mass is 19.1. The van der Waals surface area contributed by atoms with Gasteiger partial charge in [0.2, 0.25) is 5.91 Å². The lowest BCUT2D eigenvalue weighted by molar-refractivity contribution is -0.111. The number of ether oxygens (including phenoxy) is 1. The highest BCUT2D eigenvalue weighted by Crippen LogP contribution is 2.33. The van der Waals surface area contributed by atoms with E-state index in [1.54, 1.807) is 6.07 Å². The summed E-state index contributed by atoms with van der Waals surface area (Å²) < 4.78 is 19.3. The number of anilines is 2. The fourth-order valence-electron chi connectivity index (χ4n) is 1.76. The predicted molar refractivity (Wildman–Crippen MR) is 83.6 cm³/mol. The van der Waals surface area contributed by atoms with Crippen LogP contribution in [-0.4, -0.2) is 52.1 Å². The molecule has 1 rings (SSSR count). The van der Waals surface area contributed by atoms with E-state index >= 15 is 0 Å². The Morgan fingerprint density at radius 2 is 2.05 bits per heavy atom. The standard InChI is InChI=1S/C15H22FN3O2/c1-6-14(20)17-15-12(16)9-11(21-5)10-13(15)19(4)8-7-18(2)3/h6,9-10H,1,7-8H2,2-5H3,(H,17,20). The van der Waals surface area contributed by atoms with Crippen LogP contribution in [0.15, 0.2) is 24.8 Å². The highest BCUT2D eigenvalue weighted by molar-refractivity contribution is 6.01. The lowest BCUT2D eigenvalue weighted by Crippen LogP contribution is -2.29. The molecule has 21 heavy (non-hydrogen) atoms. The largest absolute Gasteiger partial charge is 0.497 e. The van der Waals surface area contributed by atoms with Crippen molar-refractivity contribution in [3.05, 3.63) is 30.6 Å². The quantitative estimate of drug-likeness (QED) is 0.781. The number of amides is 1. The summed E-state index contributed by atoms with van der Waals surface area (Å²) in [5, 5.41) is 2.51. The molecule has 1 N–H and O–H groups in total. The Labute approximate surface area is 125 Å². The van der Waals surface area contributed by atoms with E-state index < -0.39 is 11.7 Å². The van der Waals surface area contributed by atoms with Crippen molar-refractivity contribution < 1.29 is 13.9 Å². The number of hydrogen-bond donors (Lipinski definition) is 1. The number of nitrogens with one attached hydrogen (secondary N) is 1. The molecule has 1 aromatic carbocycles. The van der Waals surface area contributed by atoms with Crippen LogP contribution in [-0.2, 0) is 4.79 Å². The first kappa shape index (κ1) is 17.0. The fourth-order valence-corrected chi connectivity index (χ4v) is 1.76. The second-order valence-corrected chi connectivity index (χ2v) is 4.92. The zero-order valence-corrected chi connectivity index (χ0v) is 12.9. The van der Waals surface area contributed by atoms with Crippen molar-refractivity contribution in [3.8, 4) is 5.75 Å². The Hall–Kier alpha value is -2.08. The van der Waals surface area contributed by atoms with E-state index in [4.69, 9.17) is 4.74 Å². The van der Waals surface area contributed by atoms with Gasteiger partial charge in [-0.05, 0) is 20.2 Å². The molecule has 0 fully saturated rings. The summed E-state index contributed by atoms with van der Waals surface area (Å²) >= 11 is 0. The topological polar surface area (TPSA) is 44.8 Å². The smallest absolute Gasteiger partial charge is 0.247 e. The molecule has 0 aromatic heterocycles. The number of likely N-dealkylation sites (N-methyl/N-ethyl adjacent to an activating group) is 2. The summed E-state index contributed by atoms with van der Waals surface area (Å²) in [6, 6.07) is 2.93. The summed E-state index contributed by atoms with van der Waals surface area (Å²) in [5.41, 5.74) is 0.686. The Morgan fingerprint density at radius 3 is 2.57 bits per heavy atom. The Morgan fingerprint density at radius 1 is 1.38 bits per heavy atom. The van der Waals surface area contributed by atoms with Crippen LogP contribution in [0.25, 0.3) is 0 Å². The van der Waals surface area contributed by atoms with Crippen molar-refractivity contribution in [1.82, 2.24) is 4.90 Å². The molecule has 0 aliphatic carbocycles. The van der Waals surface area contributed by atoms with E-state index in [1.807, 2.05) is 30.9 Å². The summed E-state index contributed by atoms with van der Waals surface area (Å²) in [4.78, 5) is 15.4. The minimum Gasteiger partial charge on any atom is -0.497 e. The Kier molecular flexibility index (Phi) is 6.17. The molecule has 0 unspecified atom stereocenters. The van der Waals surface area contributed by atoms with Crippen LogP contribution < -0.4 is 15.0 Å². The van der Waals surface area contributed by atoms with Crippen LogP contribution in [0.3, 0.4) is 0 Å². The van der Waals surface area contributed by atoms with Gasteiger partial charge >= 0.3 is 0 Å². The summed E-state index contributed by atoms with van der Waals surface area (Å²) in [6.45, 7) is 4.85. The third-order valence-electron chi connectivity index (χ3n) is 3.01. The monoisotopic (exact) mass is 295 g/mol. The van der Waals surface area contributed by atoms with Gasteiger partial charge < -0.3 is 19.9 Å². The van der Waals surface area contributed by atoms with Crippen LogP contribution in [0.1, 0.15) is 0 Å². The Balaban J connectivity index is 3.14. The van der Waals surface area contributed by atoms with Crippen molar-refractivity contribution in [2.24, 2.45) is 0 Å². The maximum absolute atomic E-state index is 14.2. The molecule has 0 heterocycles. The normalized spacial score (nSPS) is 10.4. The molecule has 1 aromatic rings. The molecule has 5 nitrogen and oxygen atoms in total. The van der Waals surface area contributed by atoms with E-state index in [2.05, 4.69) is 11.9 Å². The summed E-state index contributed by atoms with van der Waals surface area (Å²) in [6.07, 6.45) is 1.10. The average Bonchev–Trinajstić information content (AvgIpc) is 2.46. The maximum atomic E-state index is 14.2. The van der Waals surface area contributed by atoms with E-state index in [-0.39, 0.29) is 5.69 Å². The number of halogens is 1. The molecule has 0 bridgehead atoms. The lowest BCUT2D eigenvalue weighted by atomic mass is 10.2. The van der Waals surface area contributed by atoms with Gasteiger partial charge in [-0.2, -0.15) is 0 Å². The van der Waals surface area contributed by atoms with Crippen molar-refractivity contribution >= 4 is 17.3 Å². The molecule has 116 valence electrons. The second-order valence-electron chi connectivity index (χ2n) is 4.92. The minimum atomic E-state index is -0.545. The fraction of sp³-hybridized carbons (Fsp3) is 0.400. The van der Waals surface area contributed by atoms with Gasteiger partial charge in [-0.1, -0.05) is 6.58 Å². The van der Waals surface area contributed by atoms with Crippen molar-refractivity contribution in [2.75, 3.05) is 51.6 Å².